The smallest absolute Gasteiger partial charge is 0.223 e. The van der Waals surface area contributed by atoms with Gasteiger partial charge in [0.15, 0.2) is 0 Å². The maximum absolute atomic E-state index is 11.5. The molecule has 1 amide bonds. The topological polar surface area (TPSA) is 38.3 Å². The summed E-state index contributed by atoms with van der Waals surface area (Å²) in [6, 6.07) is 0.279. The van der Waals surface area contributed by atoms with Crippen molar-refractivity contribution in [2.45, 2.75) is 38.1 Å². The van der Waals surface area contributed by atoms with Crippen LogP contribution in [-0.4, -0.2) is 25.2 Å². The van der Waals surface area contributed by atoms with Crippen molar-refractivity contribution in [3.8, 4) is 0 Å². The summed E-state index contributed by atoms with van der Waals surface area (Å²) >= 11 is 0. The number of ether oxygens (including phenoxy) is 1. The highest BCUT2D eigenvalue weighted by molar-refractivity contribution is 5.79. The predicted molar refractivity (Wildman–Crippen MR) is 49.3 cm³/mol. The number of rotatable bonds is 2. The minimum absolute atomic E-state index is 0.252. The van der Waals surface area contributed by atoms with E-state index in [-0.39, 0.29) is 11.9 Å². The molecule has 1 heterocycles. The molecule has 1 N–H and O–H groups in total. The zero-order chi connectivity index (χ0) is 9.10. The van der Waals surface area contributed by atoms with Crippen LogP contribution in [0.15, 0.2) is 0 Å². The lowest BCUT2D eigenvalue weighted by molar-refractivity contribution is -0.129. The summed E-state index contributed by atoms with van der Waals surface area (Å²) in [6.07, 6.45) is 5.55. The van der Waals surface area contributed by atoms with Crippen LogP contribution in [0.3, 0.4) is 0 Å². The van der Waals surface area contributed by atoms with E-state index in [1.807, 2.05) is 0 Å². The van der Waals surface area contributed by atoms with Crippen LogP contribution in [-0.2, 0) is 9.53 Å². The van der Waals surface area contributed by atoms with Crippen molar-refractivity contribution in [1.82, 2.24) is 5.32 Å². The molecular formula is C10H17NO2. The van der Waals surface area contributed by atoms with Crippen molar-refractivity contribution in [2.24, 2.45) is 5.92 Å². The maximum atomic E-state index is 11.5. The first kappa shape index (κ1) is 9.00. The van der Waals surface area contributed by atoms with Crippen molar-refractivity contribution in [3.05, 3.63) is 0 Å². The Bertz CT molecular complexity index is 183. The normalized spacial score (nSPS) is 29.4. The molecule has 1 saturated carbocycles. The average molecular weight is 183 g/mol. The van der Waals surface area contributed by atoms with E-state index in [9.17, 15) is 4.79 Å². The molecule has 74 valence electrons. The quantitative estimate of drug-likeness (QED) is 0.695. The third-order valence-electron chi connectivity index (χ3n) is 2.98. The number of nitrogens with one attached hydrogen (secondary N) is 1. The molecule has 1 saturated heterocycles. The van der Waals surface area contributed by atoms with Crippen LogP contribution >= 0.6 is 0 Å². The number of carbonyl (C=O) groups excluding carboxylic acids is 1. The summed E-state index contributed by atoms with van der Waals surface area (Å²) in [5.41, 5.74) is 0. The Kier molecular flexibility index (Phi) is 2.83. The van der Waals surface area contributed by atoms with Crippen molar-refractivity contribution < 1.29 is 9.53 Å². The summed E-state index contributed by atoms with van der Waals surface area (Å²) in [5.74, 6) is 0.559. The highest BCUT2D eigenvalue weighted by Crippen LogP contribution is 2.26. The van der Waals surface area contributed by atoms with Gasteiger partial charge < -0.3 is 10.1 Å². The number of hydrogen-bond acceptors (Lipinski definition) is 2. The van der Waals surface area contributed by atoms with Crippen LogP contribution in [0.4, 0.5) is 0 Å². The van der Waals surface area contributed by atoms with Gasteiger partial charge in [-0.15, -0.1) is 0 Å². The molecule has 0 bridgehead atoms. The largest absolute Gasteiger partial charge is 0.379 e. The molecule has 2 fully saturated rings. The van der Waals surface area contributed by atoms with Crippen molar-refractivity contribution in [1.29, 1.82) is 0 Å². The van der Waals surface area contributed by atoms with Crippen molar-refractivity contribution in [3.63, 3.8) is 0 Å². The average Bonchev–Trinajstić information content (AvgIpc) is 2.02. The lowest BCUT2D eigenvalue weighted by atomic mass is 9.84. The van der Waals surface area contributed by atoms with E-state index in [2.05, 4.69) is 5.32 Å². The molecule has 2 rings (SSSR count). The molecule has 0 aromatic heterocycles. The Balaban J connectivity index is 1.72. The van der Waals surface area contributed by atoms with Gasteiger partial charge in [0.25, 0.3) is 0 Å². The summed E-state index contributed by atoms with van der Waals surface area (Å²) in [5, 5.41) is 3.06. The first-order valence-electron chi connectivity index (χ1n) is 5.24. The van der Waals surface area contributed by atoms with Crippen LogP contribution in [0.5, 0.6) is 0 Å². The van der Waals surface area contributed by atoms with E-state index < -0.39 is 0 Å². The van der Waals surface area contributed by atoms with Gasteiger partial charge in [0.2, 0.25) is 5.91 Å². The predicted octanol–water partition coefficient (Wildman–Crippen LogP) is 1.08. The van der Waals surface area contributed by atoms with Gasteiger partial charge in [-0.2, -0.15) is 0 Å². The lowest BCUT2D eigenvalue weighted by Gasteiger charge is -2.29. The Hall–Kier alpha value is -0.570. The summed E-state index contributed by atoms with van der Waals surface area (Å²) < 4.78 is 5.30. The molecule has 0 spiro atoms. The van der Waals surface area contributed by atoms with Gasteiger partial charge in [-0.05, 0) is 25.7 Å². The molecular weight excluding hydrogens is 166 g/mol. The van der Waals surface area contributed by atoms with E-state index in [1.165, 1.54) is 6.42 Å². The van der Waals surface area contributed by atoms with E-state index >= 15 is 0 Å². The minimum Gasteiger partial charge on any atom is -0.379 e. The van der Waals surface area contributed by atoms with Gasteiger partial charge in [-0.3, -0.25) is 4.79 Å². The second kappa shape index (κ2) is 4.09. The second-order valence-electron chi connectivity index (χ2n) is 4.05. The monoisotopic (exact) mass is 183 g/mol. The zero-order valence-corrected chi connectivity index (χ0v) is 7.92. The molecule has 0 radical (unpaired) electrons. The third-order valence-corrected chi connectivity index (χ3v) is 2.98. The van der Waals surface area contributed by atoms with E-state index in [4.69, 9.17) is 4.74 Å². The van der Waals surface area contributed by atoms with Gasteiger partial charge in [0.05, 0.1) is 12.6 Å². The molecule has 0 aromatic rings. The van der Waals surface area contributed by atoms with Crippen LogP contribution in [0.2, 0.25) is 0 Å². The number of amides is 1. The maximum Gasteiger partial charge on any atom is 0.223 e. The van der Waals surface area contributed by atoms with E-state index in [0.717, 1.165) is 32.3 Å². The fourth-order valence-electron chi connectivity index (χ4n) is 1.84. The molecule has 1 aliphatic carbocycles. The molecule has 1 aliphatic heterocycles. The molecule has 2 aliphatic rings. The lowest BCUT2D eigenvalue weighted by Crippen LogP contribution is -2.44. The highest BCUT2D eigenvalue weighted by atomic mass is 16.5. The number of carbonyl (C=O) groups is 1. The molecule has 0 aromatic carbocycles. The van der Waals surface area contributed by atoms with E-state index in [1.54, 1.807) is 0 Å². The van der Waals surface area contributed by atoms with Crippen LogP contribution < -0.4 is 5.32 Å². The third kappa shape index (κ3) is 2.21. The van der Waals surface area contributed by atoms with Gasteiger partial charge >= 0.3 is 0 Å². The summed E-state index contributed by atoms with van der Waals surface area (Å²) in [4.78, 5) is 11.5. The Labute approximate surface area is 78.8 Å². The minimum atomic E-state index is 0.252. The standard InChI is InChI=1S/C10H17NO2/c12-10(8-3-1-4-8)11-9-5-2-6-13-7-9/h8-9H,1-7H2,(H,11,12). The fourth-order valence-corrected chi connectivity index (χ4v) is 1.84. The Morgan fingerprint density at radius 2 is 2.08 bits per heavy atom. The SMILES string of the molecule is O=C(NC1CCCOC1)C1CCC1. The molecule has 13 heavy (non-hydrogen) atoms. The van der Waals surface area contributed by atoms with E-state index in [0.29, 0.717) is 12.5 Å². The Morgan fingerprint density at radius 3 is 2.62 bits per heavy atom. The van der Waals surface area contributed by atoms with Gasteiger partial charge in [-0.25, -0.2) is 0 Å². The summed E-state index contributed by atoms with van der Waals surface area (Å²) in [6.45, 7) is 1.56. The number of hydrogen-bond donors (Lipinski definition) is 1. The molecule has 1 atom stereocenters. The second-order valence-corrected chi connectivity index (χ2v) is 4.05. The van der Waals surface area contributed by atoms with Gasteiger partial charge in [-0.1, -0.05) is 6.42 Å². The van der Waals surface area contributed by atoms with Gasteiger partial charge in [0, 0.05) is 12.5 Å². The Morgan fingerprint density at radius 1 is 1.23 bits per heavy atom. The highest BCUT2D eigenvalue weighted by Gasteiger charge is 2.27. The van der Waals surface area contributed by atoms with Crippen molar-refractivity contribution in [2.75, 3.05) is 13.2 Å². The molecule has 3 nitrogen and oxygen atoms in total. The molecule has 3 heteroatoms. The first-order chi connectivity index (χ1) is 6.36. The van der Waals surface area contributed by atoms with Crippen LogP contribution in [0.1, 0.15) is 32.1 Å². The van der Waals surface area contributed by atoms with Crippen molar-refractivity contribution >= 4 is 5.91 Å². The van der Waals surface area contributed by atoms with Gasteiger partial charge in [0.1, 0.15) is 0 Å². The fraction of sp³-hybridized carbons (Fsp3) is 0.900. The molecule has 1 unspecified atom stereocenters. The first-order valence-corrected chi connectivity index (χ1v) is 5.24. The van der Waals surface area contributed by atoms with Crippen LogP contribution in [0.25, 0.3) is 0 Å². The summed E-state index contributed by atoms with van der Waals surface area (Å²) in [7, 11) is 0. The van der Waals surface area contributed by atoms with Crippen LogP contribution in [0, 0.1) is 5.92 Å². The zero-order valence-electron chi connectivity index (χ0n) is 7.92.